The number of carboxylic acid groups (broad SMARTS) is 1. The number of aliphatic carboxylic acids is 1. The molecule has 0 fully saturated rings. The second kappa shape index (κ2) is 6.83. The van der Waals surface area contributed by atoms with Crippen molar-refractivity contribution in [3.63, 3.8) is 0 Å². The van der Waals surface area contributed by atoms with Crippen molar-refractivity contribution in [3.05, 3.63) is 0 Å². The van der Waals surface area contributed by atoms with Crippen LogP contribution in [0, 0.1) is 0 Å². The van der Waals surface area contributed by atoms with Crippen molar-refractivity contribution >= 4 is 18.0 Å². The van der Waals surface area contributed by atoms with Gasteiger partial charge in [-0.25, -0.2) is 9.59 Å². The van der Waals surface area contributed by atoms with Crippen molar-refractivity contribution in [2.24, 2.45) is 0 Å². The standard InChI is InChI=1S/C11H20N2O5/c1-11(2,3)18-8(14)6-5-7(9(15)16)13-10(17)12-4/h7H,5-6H2,1-4H3,(H,15,16)(H2,12,13,17)/t7-/m1/s1. The maximum atomic E-state index is 11.4. The summed E-state index contributed by atoms with van der Waals surface area (Å²) in [6.45, 7) is 5.17. The molecule has 0 radical (unpaired) electrons. The summed E-state index contributed by atoms with van der Waals surface area (Å²) >= 11 is 0. The van der Waals surface area contributed by atoms with Crippen LogP contribution < -0.4 is 10.6 Å². The van der Waals surface area contributed by atoms with Crippen LogP contribution in [0.3, 0.4) is 0 Å². The first kappa shape index (κ1) is 16.2. The van der Waals surface area contributed by atoms with Gasteiger partial charge in [-0.15, -0.1) is 0 Å². The number of carboxylic acids is 1. The van der Waals surface area contributed by atoms with Crippen LogP contribution in [0.4, 0.5) is 4.79 Å². The molecule has 7 heteroatoms. The van der Waals surface area contributed by atoms with Gasteiger partial charge in [0.1, 0.15) is 11.6 Å². The minimum Gasteiger partial charge on any atom is -0.480 e. The molecule has 3 N–H and O–H groups in total. The molecule has 0 aliphatic carbocycles. The van der Waals surface area contributed by atoms with Crippen molar-refractivity contribution in [2.75, 3.05) is 7.05 Å². The first-order valence-electron chi connectivity index (χ1n) is 5.58. The Bertz CT molecular complexity index is 322. The molecule has 0 aromatic rings. The van der Waals surface area contributed by atoms with Gasteiger partial charge in [0, 0.05) is 13.5 Å². The van der Waals surface area contributed by atoms with E-state index in [1.165, 1.54) is 7.05 Å². The summed E-state index contributed by atoms with van der Waals surface area (Å²) in [6.07, 6.45) is -0.0874. The van der Waals surface area contributed by atoms with Crippen LogP contribution in [0.25, 0.3) is 0 Å². The minimum absolute atomic E-state index is 0.0162. The third kappa shape index (κ3) is 7.48. The van der Waals surface area contributed by atoms with Crippen LogP contribution in [-0.4, -0.2) is 41.8 Å². The molecule has 7 nitrogen and oxygen atoms in total. The number of amides is 2. The number of hydrogen-bond acceptors (Lipinski definition) is 4. The highest BCUT2D eigenvalue weighted by atomic mass is 16.6. The van der Waals surface area contributed by atoms with Gasteiger partial charge in [0.25, 0.3) is 0 Å². The molecule has 0 spiro atoms. The normalized spacial score (nSPS) is 12.4. The summed E-state index contributed by atoms with van der Waals surface area (Å²) in [4.78, 5) is 33.3. The van der Waals surface area contributed by atoms with Crippen LogP contribution in [-0.2, 0) is 14.3 Å². The molecule has 0 aliphatic rings. The minimum atomic E-state index is -1.19. The van der Waals surface area contributed by atoms with Gasteiger partial charge in [0.05, 0.1) is 0 Å². The van der Waals surface area contributed by atoms with Gasteiger partial charge in [-0.1, -0.05) is 0 Å². The number of urea groups is 1. The van der Waals surface area contributed by atoms with E-state index in [9.17, 15) is 14.4 Å². The van der Waals surface area contributed by atoms with Gasteiger partial charge >= 0.3 is 18.0 Å². The fraction of sp³-hybridized carbons (Fsp3) is 0.727. The molecule has 18 heavy (non-hydrogen) atoms. The maximum absolute atomic E-state index is 11.4. The van der Waals surface area contributed by atoms with Crippen LogP contribution >= 0.6 is 0 Å². The van der Waals surface area contributed by atoms with Crippen molar-refractivity contribution in [2.45, 2.75) is 45.3 Å². The fourth-order valence-corrected chi connectivity index (χ4v) is 1.14. The lowest BCUT2D eigenvalue weighted by atomic mass is 10.1. The SMILES string of the molecule is CNC(=O)N[C@H](CCC(=O)OC(C)(C)C)C(=O)O. The summed E-state index contributed by atoms with van der Waals surface area (Å²) < 4.78 is 5.04. The lowest BCUT2D eigenvalue weighted by Gasteiger charge is -2.20. The van der Waals surface area contributed by atoms with E-state index >= 15 is 0 Å². The van der Waals surface area contributed by atoms with Gasteiger partial charge in [0.15, 0.2) is 0 Å². The van der Waals surface area contributed by atoms with E-state index in [1.807, 2.05) is 0 Å². The number of carbonyl (C=O) groups excluding carboxylic acids is 2. The zero-order chi connectivity index (χ0) is 14.3. The Morgan fingerprint density at radius 2 is 1.83 bits per heavy atom. The highest BCUT2D eigenvalue weighted by molar-refractivity contribution is 5.82. The Morgan fingerprint density at radius 3 is 2.22 bits per heavy atom. The van der Waals surface area contributed by atoms with Gasteiger partial charge in [0.2, 0.25) is 0 Å². The van der Waals surface area contributed by atoms with Crippen LogP contribution in [0.2, 0.25) is 0 Å². The van der Waals surface area contributed by atoms with E-state index in [1.54, 1.807) is 20.8 Å². The number of hydrogen-bond donors (Lipinski definition) is 3. The molecule has 0 saturated heterocycles. The van der Waals surface area contributed by atoms with Crippen LogP contribution in [0.15, 0.2) is 0 Å². The van der Waals surface area contributed by atoms with E-state index in [2.05, 4.69) is 10.6 Å². The number of carbonyl (C=O) groups is 3. The Balaban J connectivity index is 4.24. The van der Waals surface area contributed by atoms with Crippen molar-refractivity contribution < 1.29 is 24.2 Å². The van der Waals surface area contributed by atoms with E-state index in [0.717, 1.165) is 0 Å². The van der Waals surface area contributed by atoms with Gasteiger partial charge in [-0.3, -0.25) is 4.79 Å². The third-order valence-corrected chi connectivity index (χ3v) is 1.89. The predicted octanol–water partition coefficient (Wildman–Crippen LogP) is 0.491. The van der Waals surface area contributed by atoms with Crippen molar-refractivity contribution in [3.8, 4) is 0 Å². The molecule has 0 aromatic carbocycles. The van der Waals surface area contributed by atoms with E-state index in [0.29, 0.717) is 0 Å². The smallest absolute Gasteiger partial charge is 0.326 e. The second-order valence-corrected chi connectivity index (χ2v) is 4.74. The number of esters is 1. The summed E-state index contributed by atoms with van der Waals surface area (Å²) in [5.41, 5.74) is -0.607. The van der Waals surface area contributed by atoms with Gasteiger partial charge < -0.3 is 20.5 Å². The molecular formula is C11H20N2O5. The summed E-state index contributed by atoms with van der Waals surface area (Å²) in [5, 5.41) is 13.3. The van der Waals surface area contributed by atoms with Gasteiger partial charge in [-0.2, -0.15) is 0 Å². The molecule has 0 heterocycles. The summed E-state index contributed by atoms with van der Waals surface area (Å²) in [6, 6.07) is -1.72. The average molecular weight is 260 g/mol. The van der Waals surface area contributed by atoms with E-state index in [-0.39, 0.29) is 12.8 Å². The molecule has 0 aliphatic heterocycles. The monoisotopic (exact) mass is 260 g/mol. The Hall–Kier alpha value is -1.79. The molecular weight excluding hydrogens is 240 g/mol. The first-order valence-corrected chi connectivity index (χ1v) is 5.58. The quantitative estimate of drug-likeness (QED) is 0.624. The lowest BCUT2D eigenvalue weighted by molar-refractivity contribution is -0.155. The molecule has 1 atom stereocenters. The van der Waals surface area contributed by atoms with Crippen molar-refractivity contribution in [1.82, 2.24) is 10.6 Å². The van der Waals surface area contributed by atoms with Gasteiger partial charge in [-0.05, 0) is 27.2 Å². The predicted molar refractivity (Wildman–Crippen MR) is 64.1 cm³/mol. The van der Waals surface area contributed by atoms with E-state index < -0.39 is 29.6 Å². The highest BCUT2D eigenvalue weighted by Gasteiger charge is 2.22. The molecule has 0 aromatic heterocycles. The third-order valence-electron chi connectivity index (χ3n) is 1.89. The average Bonchev–Trinajstić information content (AvgIpc) is 2.20. The summed E-state index contributed by atoms with van der Waals surface area (Å²) in [5.74, 6) is -1.69. The fourth-order valence-electron chi connectivity index (χ4n) is 1.14. The molecule has 104 valence electrons. The number of rotatable bonds is 5. The van der Waals surface area contributed by atoms with Crippen molar-refractivity contribution in [1.29, 1.82) is 0 Å². The summed E-state index contributed by atoms with van der Waals surface area (Å²) in [7, 11) is 1.38. The topological polar surface area (TPSA) is 105 Å². The maximum Gasteiger partial charge on any atom is 0.326 e. The Morgan fingerprint density at radius 1 is 1.28 bits per heavy atom. The molecule has 0 saturated carbocycles. The number of nitrogens with one attached hydrogen (secondary N) is 2. The lowest BCUT2D eigenvalue weighted by Crippen LogP contribution is -2.45. The molecule has 0 bridgehead atoms. The van der Waals surface area contributed by atoms with Crippen LogP contribution in [0.5, 0.6) is 0 Å². The Labute approximate surface area is 106 Å². The van der Waals surface area contributed by atoms with Crippen LogP contribution in [0.1, 0.15) is 33.6 Å². The number of ether oxygens (including phenoxy) is 1. The Kier molecular flexibility index (Phi) is 6.15. The second-order valence-electron chi connectivity index (χ2n) is 4.74. The molecule has 0 unspecified atom stereocenters. The zero-order valence-electron chi connectivity index (χ0n) is 11.1. The van der Waals surface area contributed by atoms with E-state index in [4.69, 9.17) is 9.84 Å². The molecule has 0 rings (SSSR count). The first-order chi connectivity index (χ1) is 8.15. The largest absolute Gasteiger partial charge is 0.480 e. The zero-order valence-corrected chi connectivity index (χ0v) is 11.1. The molecule has 2 amide bonds. The highest BCUT2D eigenvalue weighted by Crippen LogP contribution is 2.10.